The van der Waals surface area contributed by atoms with E-state index in [4.69, 9.17) is 11.6 Å². The normalized spacial score (nSPS) is 11.5. The maximum atomic E-state index is 9.35. The van der Waals surface area contributed by atoms with Gasteiger partial charge in [-0.2, -0.15) is 0 Å². The van der Waals surface area contributed by atoms with E-state index < -0.39 is 0 Å². The zero-order valence-electron chi connectivity index (χ0n) is 8.74. The van der Waals surface area contributed by atoms with Crippen LogP contribution >= 0.6 is 11.6 Å². The van der Waals surface area contributed by atoms with E-state index in [1.807, 2.05) is 4.40 Å². The number of aromatic hydroxyl groups is 1. The van der Waals surface area contributed by atoms with E-state index in [0.717, 1.165) is 17.8 Å². The summed E-state index contributed by atoms with van der Waals surface area (Å²) in [5.74, 6) is 1.67. The molecule has 0 amide bonds. The van der Waals surface area contributed by atoms with Gasteiger partial charge in [-0.3, -0.25) is 0 Å². The van der Waals surface area contributed by atoms with Gasteiger partial charge in [0.15, 0.2) is 5.15 Å². The van der Waals surface area contributed by atoms with Crippen molar-refractivity contribution in [2.45, 2.75) is 20.3 Å². The predicted molar refractivity (Wildman–Crippen MR) is 60.4 cm³/mol. The number of nitrogens with zero attached hydrogens (tertiary/aromatic N) is 2. The number of imidazole rings is 1. The number of rotatable bonds is 2. The van der Waals surface area contributed by atoms with Crippen LogP contribution in [0, 0.1) is 5.92 Å². The Morgan fingerprint density at radius 2 is 2.27 bits per heavy atom. The molecule has 0 radical (unpaired) electrons. The Hall–Kier alpha value is -1.22. The third kappa shape index (κ3) is 1.92. The molecule has 80 valence electrons. The SMILES string of the molecule is CC(C)Cc1nc(Cl)c2cc(O)ccn12. The van der Waals surface area contributed by atoms with E-state index >= 15 is 0 Å². The van der Waals surface area contributed by atoms with E-state index in [-0.39, 0.29) is 5.75 Å². The van der Waals surface area contributed by atoms with Gasteiger partial charge < -0.3 is 9.51 Å². The van der Waals surface area contributed by atoms with Crippen molar-refractivity contribution in [3.63, 3.8) is 0 Å². The smallest absolute Gasteiger partial charge is 0.155 e. The zero-order chi connectivity index (χ0) is 11.0. The van der Waals surface area contributed by atoms with Crippen molar-refractivity contribution in [2.24, 2.45) is 5.92 Å². The first-order chi connectivity index (χ1) is 7.08. The van der Waals surface area contributed by atoms with Crippen LogP contribution in [0.25, 0.3) is 5.52 Å². The van der Waals surface area contributed by atoms with E-state index in [2.05, 4.69) is 18.8 Å². The van der Waals surface area contributed by atoms with E-state index in [0.29, 0.717) is 11.1 Å². The number of fused-ring (bicyclic) bond motifs is 1. The lowest BCUT2D eigenvalue weighted by Crippen LogP contribution is -1.99. The highest BCUT2D eigenvalue weighted by Gasteiger charge is 2.10. The average molecular weight is 225 g/mol. The third-order valence-electron chi connectivity index (χ3n) is 2.25. The van der Waals surface area contributed by atoms with Gasteiger partial charge >= 0.3 is 0 Å². The first-order valence-electron chi connectivity index (χ1n) is 4.93. The molecule has 0 aromatic carbocycles. The van der Waals surface area contributed by atoms with Gasteiger partial charge in [-0.25, -0.2) is 4.98 Å². The lowest BCUT2D eigenvalue weighted by Gasteiger charge is -2.03. The molecule has 2 rings (SSSR count). The van der Waals surface area contributed by atoms with Crippen LogP contribution < -0.4 is 0 Å². The van der Waals surface area contributed by atoms with Gasteiger partial charge in [0.1, 0.15) is 11.6 Å². The molecule has 0 aliphatic rings. The summed E-state index contributed by atoms with van der Waals surface area (Å²) in [7, 11) is 0. The first-order valence-corrected chi connectivity index (χ1v) is 5.31. The van der Waals surface area contributed by atoms with Crippen molar-refractivity contribution >= 4 is 17.1 Å². The molecule has 0 aliphatic carbocycles. The second kappa shape index (κ2) is 3.74. The van der Waals surface area contributed by atoms with Gasteiger partial charge in [0, 0.05) is 18.7 Å². The van der Waals surface area contributed by atoms with Gasteiger partial charge in [-0.1, -0.05) is 25.4 Å². The topological polar surface area (TPSA) is 37.5 Å². The molecule has 4 heteroatoms. The zero-order valence-corrected chi connectivity index (χ0v) is 9.49. The fourth-order valence-corrected chi connectivity index (χ4v) is 1.85. The summed E-state index contributed by atoms with van der Waals surface area (Å²) in [6, 6.07) is 3.26. The van der Waals surface area contributed by atoms with Crippen molar-refractivity contribution in [3.8, 4) is 5.75 Å². The van der Waals surface area contributed by atoms with Crippen molar-refractivity contribution in [1.82, 2.24) is 9.38 Å². The summed E-state index contributed by atoms with van der Waals surface area (Å²) in [5.41, 5.74) is 0.757. The molecule has 0 unspecified atom stereocenters. The molecule has 3 nitrogen and oxygen atoms in total. The monoisotopic (exact) mass is 224 g/mol. The van der Waals surface area contributed by atoms with E-state index in [9.17, 15) is 5.11 Å². The van der Waals surface area contributed by atoms with Gasteiger partial charge in [-0.15, -0.1) is 0 Å². The number of halogens is 1. The van der Waals surface area contributed by atoms with Crippen LogP contribution in [0.3, 0.4) is 0 Å². The van der Waals surface area contributed by atoms with Crippen LogP contribution in [0.1, 0.15) is 19.7 Å². The summed E-state index contributed by atoms with van der Waals surface area (Å²) in [6.45, 7) is 4.27. The van der Waals surface area contributed by atoms with Crippen LogP contribution in [0.5, 0.6) is 5.75 Å². The first kappa shape index (κ1) is 10.3. The largest absolute Gasteiger partial charge is 0.508 e. The van der Waals surface area contributed by atoms with Crippen LogP contribution in [-0.2, 0) is 6.42 Å². The van der Waals surface area contributed by atoms with Crippen molar-refractivity contribution in [2.75, 3.05) is 0 Å². The second-order valence-electron chi connectivity index (χ2n) is 4.06. The Kier molecular flexibility index (Phi) is 2.57. The molecule has 15 heavy (non-hydrogen) atoms. The van der Waals surface area contributed by atoms with Gasteiger partial charge in [0.05, 0.1) is 5.52 Å². The number of aromatic nitrogens is 2. The quantitative estimate of drug-likeness (QED) is 0.852. The van der Waals surface area contributed by atoms with Crippen LogP contribution in [0.4, 0.5) is 0 Å². The molecule has 0 atom stereocenters. The lowest BCUT2D eigenvalue weighted by atomic mass is 10.1. The average Bonchev–Trinajstić information content (AvgIpc) is 2.42. The van der Waals surface area contributed by atoms with Crippen LogP contribution in [0.15, 0.2) is 18.3 Å². The molecular formula is C11H13ClN2O. The van der Waals surface area contributed by atoms with E-state index in [1.165, 1.54) is 0 Å². The molecule has 0 fully saturated rings. The summed E-state index contributed by atoms with van der Waals surface area (Å²) < 4.78 is 1.92. The lowest BCUT2D eigenvalue weighted by molar-refractivity contribution is 0.475. The van der Waals surface area contributed by atoms with Crippen LogP contribution in [0.2, 0.25) is 5.15 Å². The van der Waals surface area contributed by atoms with Crippen molar-refractivity contribution in [1.29, 1.82) is 0 Å². The molecule has 0 aliphatic heterocycles. The van der Waals surface area contributed by atoms with E-state index in [1.54, 1.807) is 18.3 Å². The fraction of sp³-hybridized carbons (Fsp3) is 0.364. The Balaban J connectivity index is 2.57. The molecule has 2 heterocycles. The van der Waals surface area contributed by atoms with Crippen molar-refractivity contribution < 1.29 is 5.11 Å². The predicted octanol–water partition coefficient (Wildman–Crippen LogP) is 2.89. The Morgan fingerprint density at radius 1 is 1.53 bits per heavy atom. The molecule has 1 N–H and O–H groups in total. The number of hydrogen-bond donors (Lipinski definition) is 1. The Morgan fingerprint density at radius 3 is 2.93 bits per heavy atom. The fourth-order valence-electron chi connectivity index (χ4n) is 1.61. The van der Waals surface area contributed by atoms with Gasteiger partial charge in [-0.05, 0) is 12.0 Å². The molecular weight excluding hydrogens is 212 g/mol. The molecule has 0 saturated carbocycles. The van der Waals surface area contributed by atoms with Gasteiger partial charge in [0.25, 0.3) is 0 Å². The maximum Gasteiger partial charge on any atom is 0.155 e. The molecule has 2 aromatic heterocycles. The van der Waals surface area contributed by atoms with Crippen molar-refractivity contribution in [3.05, 3.63) is 29.3 Å². The Labute approximate surface area is 93.3 Å². The number of hydrogen-bond acceptors (Lipinski definition) is 2. The molecule has 0 saturated heterocycles. The highest BCUT2D eigenvalue weighted by Crippen LogP contribution is 2.23. The number of pyridine rings is 1. The summed E-state index contributed by atoms with van der Waals surface area (Å²) in [5, 5.41) is 9.79. The highest BCUT2D eigenvalue weighted by atomic mass is 35.5. The molecule has 2 aromatic rings. The minimum atomic E-state index is 0.209. The molecule has 0 spiro atoms. The van der Waals surface area contributed by atoms with Gasteiger partial charge in [0.2, 0.25) is 0 Å². The maximum absolute atomic E-state index is 9.35. The Bertz CT molecular complexity index is 491. The third-order valence-corrected chi connectivity index (χ3v) is 2.52. The standard InChI is InChI=1S/C11H13ClN2O/c1-7(2)5-10-13-11(12)9-6-8(15)3-4-14(9)10/h3-4,6-7,15H,5H2,1-2H3. The highest BCUT2D eigenvalue weighted by molar-refractivity contribution is 6.32. The summed E-state index contributed by atoms with van der Waals surface area (Å²) in [4.78, 5) is 4.29. The molecule has 0 bridgehead atoms. The minimum Gasteiger partial charge on any atom is -0.508 e. The second-order valence-corrected chi connectivity index (χ2v) is 4.42. The van der Waals surface area contributed by atoms with Crippen LogP contribution in [-0.4, -0.2) is 14.5 Å². The minimum absolute atomic E-state index is 0.209. The summed E-state index contributed by atoms with van der Waals surface area (Å²) in [6.07, 6.45) is 2.67. The summed E-state index contributed by atoms with van der Waals surface area (Å²) >= 11 is 5.99.